The minimum Gasteiger partial charge on any atom is -0.314 e. The molecule has 0 aromatic heterocycles. The Morgan fingerprint density at radius 3 is 2.40 bits per heavy atom. The standard InChI is InChI=1S/C14H16F4N2/c1-2-13(20-7-5-19-6-8-20)10-3-4-11(12(15)9-10)14(16,17)18/h2-4,9,13,19H,1,5-8H2/t13-/m1/s1. The molecular formula is C14H16F4N2. The molecule has 2 rings (SSSR count). The molecule has 0 radical (unpaired) electrons. The SMILES string of the molecule is C=C[C@H](c1ccc(C(F)(F)F)c(F)c1)N1CCNCC1. The zero-order valence-corrected chi connectivity index (χ0v) is 10.9. The van der Waals surface area contributed by atoms with E-state index in [-0.39, 0.29) is 6.04 Å². The van der Waals surface area contributed by atoms with Gasteiger partial charge < -0.3 is 5.32 Å². The third-order valence-electron chi connectivity index (χ3n) is 3.41. The highest BCUT2D eigenvalue weighted by molar-refractivity contribution is 5.30. The maximum atomic E-state index is 13.6. The molecule has 1 N–H and O–H groups in total. The van der Waals surface area contributed by atoms with Gasteiger partial charge in [0.1, 0.15) is 5.82 Å². The zero-order valence-electron chi connectivity index (χ0n) is 10.9. The predicted molar refractivity (Wildman–Crippen MR) is 68.8 cm³/mol. The van der Waals surface area contributed by atoms with Gasteiger partial charge >= 0.3 is 6.18 Å². The summed E-state index contributed by atoms with van der Waals surface area (Å²) in [5, 5.41) is 3.19. The van der Waals surface area contributed by atoms with Crippen molar-refractivity contribution < 1.29 is 17.6 Å². The van der Waals surface area contributed by atoms with Gasteiger partial charge in [0.25, 0.3) is 0 Å². The number of alkyl halides is 3. The Balaban J connectivity index is 2.27. The highest BCUT2D eigenvalue weighted by atomic mass is 19.4. The van der Waals surface area contributed by atoms with Crippen LogP contribution in [0, 0.1) is 5.82 Å². The second-order valence-electron chi connectivity index (χ2n) is 4.70. The van der Waals surface area contributed by atoms with Crippen LogP contribution in [0.1, 0.15) is 17.2 Å². The first-order valence-electron chi connectivity index (χ1n) is 6.37. The molecule has 0 saturated carbocycles. The predicted octanol–water partition coefficient (Wildman–Crippen LogP) is 2.98. The fourth-order valence-electron chi connectivity index (χ4n) is 2.40. The molecule has 0 spiro atoms. The van der Waals surface area contributed by atoms with Crippen molar-refractivity contribution >= 4 is 0 Å². The van der Waals surface area contributed by atoms with Gasteiger partial charge in [-0.2, -0.15) is 13.2 Å². The first-order chi connectivity index (χ1) is 9.43. The lowest BCUT2D eigenvalue weighted by Crippen LogP contribution is -2.44. The Labute approximate surface area is 115 Å². The number of halogens is 4. The van der Waals surface area contributed by atoms with Crippen molar-refractivity contribution in [1.82, 2.24) is 10.2 Å². The van der Waals surface area contributed by atoms with Crippen LogP contribution in [0.2, 0.25) is 0 Å². The van der Waals surface area contributed by atoms with Crippen LogP contribution in [0.15, 0.2) is 30.9 Å². The van der Waals surface area contributed by atoms with Gasteiger partial charge in [-0.05, 0) is 17.7 Å². The summed E-state index contributed by atoms with van der Waals surface area (Å²) in [7, 11) is 0. The monoisotopic (exact) mass is 288 g/mol. The summed E-state index contributed by atoms with van der Waals surface area (Å²) in [6.07, 6.45) is -3.03. The van der Waals surface area contributed by atoms with Gasteiger partial charge in [-0.3, -0.25) is 4.90 Å². The number of hydrogen-bond donors (Lipinski definition) is 1. The Kier molecular flexibility index (Phi) is 4.45. The summed E-state index contributed by atoms with van der Waals surface area (Å²) in [5.41, 5.74) is -0.739. The quantitative estimate of drug-likeness (QED) is 0.679. The summed E-state index contributed by atoms with van der Waals surface area (Å²) in [6, 6.07) is 2.80. The number of nitrogens with one attached hydrogen (secondary N) is 1. The van der Waals surface area contributed by atoms with E-state index in [2.05, 4.69) is 16.8 Å². The lowest BCUT2D eigenvalue weighted by molar-refractivity contribution is -0.140. The average molecular weight is 288 g/mol. The van der Waals surface area contributed by atoms with E-state index in [0.29, 0.717) is 5.56 Å². The highest BCUT2D eigenvalue weighted by Gasteiger charge is 2.34. The smallest absolute Gasteiger partial charge is 0.314 e. The number of rotatable bonds is 3. The Morgan fingerprint density at radius 1 is 1.25 bits per heavy atom. The molecular weight excluding hydrogens is 272 g/mol. The van der Waals surface area contributed by atoms with E-state index >= 15 is 0 Å². The molecule has 1 saturated heterocycles. The molecule has 1 atom stereocenters. The summed E-state index contributed by atoms with van der Waals surface area (Å²) in [4.78, 5) is 2.06. The van der Waals surface area contributed by atoms with Crippen LogP contribution >= 0.6 is 0 Å². The van der Waals surface area contributed by atoms with Crippen LogP contribution in [0.25, 0.3) is 0 Å². The second kappa shape index (κ2) is 5.93. The summed E-state index contributed by atoms with van der Waals surface area (Å²) >= 11 is 0. The minimum absolute atomic E-state index is 0.270. The van der Waals surface area contributed by atoms with Crippen molar-refractivity contribution in [3.63, 3.8) is 0 Å². The van der Waals surface area contributed by atoms with Gasteiger partial charge in [0.15, 0.2) is 0 Å². The van der Waals surface area contributed by atoms with Gasteiger partial charge in [-0.25, -0.2) is 4.39 Å². The van der Waals surface area contributed by atoms with Crippen LogP contribution in [0.4, 0.5) is 17.6 Å². The minimum atomic E-state index is -4.67. The van der Waals surface area contributed by atoms with Crippen molar-refractivity contribution in [2.75, 3.05) is 26.2 Å². The van der Waals surface area contributed by atoms with Gasteiger partial charge in [0, 0.05) is 26.2 Å². The van der Waals surface area contributed by atoms with Crippen LogP contribution in [0.5, 0.6) is 0 Å². The molecule has 1 aliphatic rings. The molecule has 1 aliphatic heterocycles. The second-order valence-corrected chi connectivity index (χ2v) is 4.70. The van der Waals surface area contributed by atoms with Crippen molar-refractivity contribution in [1.29, 1.82) is 0 Å². The molecule has 1 fully saturated rings. The van der Waals surface area contributed by atoms with Crippen LogP contribution < -0.4 is 5.32 Å². The number of nitrogens with zero attached hydrogens (tertiary/aromatic N) is 1. The molecule has 0 aliphatic carbocycles. The lowest BCUT2D eigenvalue weighted by atomic mass is 10.0. The first-order valence-corrected chi connectivity index (χ1v) is 6.37. The number of hydrogen-bond acceptors (Lipinski definition) is 2. The molecule has 1 aromatic rings. The maximum Gasteiger partial charge on any atom is 0.419 e. The van der Waals surface area contributed by atoms with E-state index < -0.39 is 17.6 Å². The fraction of sp³-hybridized carbons (Fsp3) is 0.429. The summed E-state index contributed by atoms with van der Waals surface area (Å²) in [6.45, 7) is 6.80. The molecule has 110 valence electrons. The Bertz CT molecular complexity index is 479. The van der Waals surface area contributed by atoms with Gasteiger partial charge in [0.2, 0.25) is 0 Å². The van der Waals surface area contributed by atoms with Crippen molar-refractivity contribution in [3.8, 4) is 0 Å². The summed E-state index contributed by atoms with van der Waals surface area (Å²) in [5.74, 6) is -1.24. The molecule has 0 amide bonds. The number of piperazine rings is 1. The molecule has 1 heterocycles. The van der Waals surface area contributed by atoms with E-state index in [1.54, 1.807) is 6.08 Å². The Morgan fingerprint density at radius 2 is 1.90 bits per heavy atom. The topological polar surface area (TPSA) is 15.3 Å². The third kappa shape index (κ3) is 3.19. The fourth-order valence-corrected chi connectivity index (χ4v) is 2.40. The average Bonchev–Trinajstić information content (AvgIpc) is 2.39. The normalized spacial score (nSPS) is 18.8. The molecule has 0 bridgehead atoms. The van der Waals surface area contributed by atoms with Crippen LogP contribution in [0.3, 0.4) is 0 Å². The van der Waals surface area contributed by atoms with Crippen molar-refractivity contribution in [2.45, 2.75) is 12.2 Å². The van der Waals surface area contributed by atoms with Crippen molar-refractivity contribution in [2.24, 2.45) is 0 Å². The molecule has 0 unspecified atom stereocenters. The lowest BCUT2D eigenvalue weighted by Gasteiger charge is -2.33. The molecule has 20 heavy (non-hydrogen) atoms. The van der Waals surface area contributed by atoms with Crippen LogP contribution in [-0.2, 0) is 6.18 Å². The van der Waals surface area contributed by atoms with E-state index in [9.17, 15) is 17.6 Å². The number of benzene rings is 1. The maximum absolute atomic E-state index is 13.6. The molecule has 6 heteroatoms. The van der Waals surface area contributed by atoms with Crippen molar-refractivity contribution in [3.05, 3.63) is 47.8 Å². The van der Waals surface area contributed by atoms with Gasteiger partial charge in [-0.1, -0.05) is 12.1 Å². The molecule has 2 nitrogen and oxygen atoms in total. The molecule has 1 aromatic carbocycles. The van der Waals surface area contributed by atoms with E-state index in [0.717, 1.165) is 38.3 Å². The van der Waals surface area contributed by atoms with E-state index in [1.165, 1.54) is 6.07 Å². The van der Waals surface area contributed by atoms with E-state index in [1.807, 2.05) is 0 Å². The van der Waals surface area contributed by atoms with Gasteiger partial charge in [-0.15, -0.1) is 6.58 Å². The van der Waals surface area contributed by atoms with Gasteiger partial charge in [0.05, 0.1) is 11.6 Å². The Hall–Kier alpha value is -1.40. The highest BCUT2D eigenvalue weighted by Crippen LogP contribution is 2.33. The summed E-state index contributed by atoms with van der Waals surface area (Å²) < 4.78 is 51.2. The van der Waals surface area contributed by atoms with E-state index in [4.69, 9.17) is 0 Å². The third-order valence-corrected chi connectivity index (χ3v) is 3.41. The van der Waals surface area contributed by atoms with Crippen LogP contribution in [-0.4, -0.2) is 31.1 Å². The zero-order chi connectivity index (χ0) is 14.8. The first kappa shape index (κ1) is 15.0. The largest absolute Gasteiger partial charge is 0.419 e.